The third-order valence-corrected chi connectivity index (χ3v) is 6.62. The molecule has 0 amide bonds. The van der Waals surface area contributed by atoms with Gasteiger partial charge >= 0.3 is 0 Å². The van der Waals surface area contributed by atoms with Gasteiger partial charge in [0.2, 0.25) is 10.0 Å². The second-order valence-corrected chi connectivity index (χ2v) is 8.93. The Hall–Kier alpha value is -2.51. The largest absolute Gasteiger partial charge is 0.391 e. The van der Waals surface area contributed by atoms with Crippen LogP contribution >= 0.6 is 0 Å². The zero-order valence-corrected chi connectivity index (χ0v) is 16.6. The highest BCUT2D eigenvalue weighted by molar-refractivity contribution is 7.89. The first-order chi connectivity index (χ1) is 13.4. The molecule has 0 radical (unpaired) electrons. The fraction of sp³-hybridized carbons (Fsp3) is 0.333. The van der Waals surface area contributed by atoms with Crippen molar-refractivity contribution in [2.45, 2.75) is 31.3 Å². The molecule has 7 heteroatoms. The molecule has 1 aliphatic rings. The molecule has 1 saturated heterocycles. The molecular weight excluding hydrogens is 376 g/mol. The number of benzene rings is 2. The smallest absolute Gasteiger partial charge is 0.243 e. The second kappa shape index (κ2) is 9.12. The molecule has 1 unspecified atom stereocenters. The molecule has 148 valence electrons. The average Bonchev–Trinajstić information content (AvgIpc) is 3.16. The van der Waals surface area contributed by atoms with Crippen molar-refractivity contribution in [3.8, 4) is 0 Å². The third kappa shape index (κ3) is 5.27. The number of rotatable bonds is 8. The van der Waals surface area contributed by atoms with Gasteiger partial charge < -0.3 is 4.84 Å². The first kappa shape index (κ1) is 20.2. The summed E-state index contributed by atoms with van der Waals surface area (Å²) in [5.74, 6) is -0.166. The monoisotopic (exact) mass is 400 g/mol. The van der Waals surface area contributed by atoms with Gasteiger partial charge in [0.05, 0.1) is 4.90 Å². The van der Waals surface area contributed by atoms with Gasteiger partial charge in [-0.15, -0.1) is 0 Å². The van der Waals surface area contributed by atoms with Crippen molar-refractivity contribution in [3.05, 3.63) is 65.7 Å². The van der Waals surface area contributed by atoms with Gasteiger partial charge in [-0.2, -0.15) is 4.31 Å². The summed E-state index contributed by atoms with van der Waals surface area (Å²) in [6, 6.07) is 16.4. The predicted octanol–water partition coefficient (Wildman–Crippen LogP) is 3.17. The lowest BCUT2D eigenvalue weighted by Gasteiger charge is -2.16. The molecule has 0 aliphatic carbocycles. The molecule has 0 spiro atoms. The summed E-state index contributed by atoms with van der Waals surface area (Å²) in [4.78, 5) is 17.5. The predicted molar refractivity (Wildman–Crippen MR) is 107 cm³/mol. The van der Waals surface area contributed by atoms with Gasteiger partial charge in [-0.3, -0.25) is 4.79 Å². The van der Waals surface area contributed by atoms with Crippen LogP contribution in [-0.2, 0) is 26.3 Å². The molecule has 0 saturated carbocycles. The van der Waals surface area contributed by atoms with Crippen LogP contribution in [0.3, 0.4) is 0 Å². The number of aryl methyl sites for hydroxylation is 1. The van der Waals surface area contributed by atoms with E-state index in [9.17, 15) is 13.2 Å². The SMILES string of the molecule is Cc1ccc(S(=O)(=O)N2CCC(CC(=O)/C=N\OCc3ccccc3)C2)cc1. The van der Waals surface area contributed by atoms with E-state index in [1.165, 1.54) is 10.5 Å². The quantitative estimate of drug-likeness (QED) is 0.504. The van der Waals surface area contributed by atoms with E-state index in [4.69, 9.17) is 4.84 Å². The highest BCUT2D eigenvalue weighted by Gasteiger charge is 2.33. The van der Waals surface area contributed by atoms with Gasteiger partial charge in [0, 0.05) is 19.5 Å². The van der Waals surface area contributed by atoms with Crippen LogP contribution in [0.2, 0.25) is 0 Å². The van der Waals surface area contributed by atoms with Gasteiger partial charge in [0.1, 0.15) is 12.8 Å². The van der Waals surface area contributed by atoms with E-state index >= 15 is 0 Å². The Labute approximate surface area is 165 Å². The van der Waals surface area contributed by atoms with E-state index in [0.29, 0.717) is 31.0 Å². The number of Topliss-reactive ketones (excluding diaryl/α,β-unsaturated/α-hetero) is 1. The maximum atomic E-state index is 12.7. The first-order valence-electron chi connectivity index (χ1n) is 9.24. The Balaban J connectivity index is 1.48. The van der Waals surface area contributed by atoms with Crippen molar-refractivity contribution >= 4 is 22.0 Å². The van der Waals surface area contributed by atoms with Gasteiger partial charge in [-0.05, 0) is 37.0 Å². The van der Waals surface area contributed by atoms with Crippen LogP contribution in [0, 0.1) is 12.8 Å². The minimum absolute atomic E-state index is 0.00621. The second-order valence-electron chi connectivity index (χ2n) is 6.99. The normalized spacial score (nSPS) is 17.8. The average molecular weight is 401 g/mol. The maximum absolute atomic E-state index is 12.7. The number of nitrogens with zero attached hydrogens (tertiary/aromatic N) is 2. The zero-order chi connectivity index (χ0) is 20.0. The Kier molecular flexibility index (Phi) is 6.59. The summed E-state index contributed by atoms with van der Waals surface area (Å²) in [7, 11) is -3.51. The summed E-state index contributed by atoms with van der Waals surface area (Å²) in [6.07, 6.45) is 2.10. The molecule has 0 bridgehead atoms. The van der Waals surface area contributed by atoms with Crippen LogP contribution in [0.5, 0.6) is 0 Å². The highest BCUT2D eigenvalue weighted by atomic mass is 32.2. The van der Waals surface area contributed by atoms with Crippen LogP contribution in [0.25, 0.3) is 0 Å². The molecule has 3 rings (SSSR count). The highest BCUT2D eigenvalue weighted by Crippen LogP contribution is 2.26. The molecular formula is C21H24N2O4S. The van der Waals surface area contributed by atoms with Crippen molar-refractivity contribution in [2.75, 3.05) is 13.1 Å². The molecule has 1 fully saturated rings. The zero-order valence-electron chi connectivity index (χ0n) is 15.8. The minimum Gasteiger partial charge on any atom is -0.391 e. The lowest BCUT2D eigenvalue weighted by atomic mass is 10.0. The fourth-order valence-corrected chi connectivity index (χ4v) is 4.69. The Morgan fingerprint density at radius 2 is 1.89 bits per heavy atom. The van der Waals surface area contributed by atoms with Gasteiger partial charge in [-0.25, -0.2) is 8.42 Å². The molecule has 6 nitrogen and oxygen atoms in total. The van der Waals surface area contributed by atoms with Crippen molar-refractivity contribution in [2.24, 2.45) is 11.1 Å². The van der Waals surface area contributed by atoms with Crippen molar-refractivity contribution < 1.29 is 18.0 Å². The van der Waals surface area contributed by atoms with Crippen LogP contribution < -0.4 is 0 Å². The summed E-state index contributed by atoms with van der Waals surface area (Å²) >= 11 is 0. The molecule has 2 aromatic carbocycles. The number of carbonyl (C=O) groups excluding carboxylic acids is 1. The van der Waals surface area contributed by atoms with Crippen molar-refractivity contribution in [1.29, 1.82) is 0 Å². The van der Waals surface area contributed by atoms with E-state index in [0.717, 1.165) is 11.1 Å². The van der Waals surface area contributed by atoms with Gasteiger partial charge in [0.25, 0.3) is 0 Å². The molecule has 1 atom stereocenters. The third-order valence-electron chi connectivity index (χ3n) is 4.74. The number of sulfonamides is 1. The van der Waals surface area contributed by atoms with Gasteiger partial charge in [-0.1, -0.05) is 53.2 Å². The van der Waals surface area contributed by atoms with Crippen LogP contribution in [0.15, 0.2) is 64.6 Å². The van der Waals surface area contributed by atoms with Crippen molar-refractivity contribution in [1.82, 2.24) is 4.31 Å². The molecule has 2 aromatic rings. The number of hydrogen-bond acceptors (Lipinski definition) is 5. The minimum atomic E-state index is -3.51. The Morgan fingerprint density at radius 1 is 1.18 bits per heavy atom. The van der Waals surface area contributed by atoms with E-state index < -0.39 is 10.0 Å². The standard InChI is InChI=1S/C21H24N2O4S/c1-17-7-9-21(10-8-17)28(25,26)23-12-11-19(15-23)13-20(24)14-22-27-16-18-5-3-2-4-6-18/h2-10,14,19H,11-13,15-16H2,1H3/b22-14-. The first-order valence-corrected chi connectivity index (χ1v) is 10.7. The maximum Gasteiger partial charge on any atom is 0.243 e. The van der Waals surface area contributed by atoms with Crippen molar-refractivity contribution in [3.63, 3.8) is 0 Å². The summed E-state index contributed by atoms with van der Waals surface area (Å²) in [5.41, 5.74) is 1.98. The summed E-state index contributed by atoms with van der Waals surface area (Å²) < 4.78 is 26.9. The van der Waals surface area contributed by atoms with Crippen LogP contribution in [-0.4, -0.2) is 37.8 Å². The number of oxime groups is 1. The van der Waals surface area contributed by atoms with E-state index in [-0.39, 0.29) is 18.1 Å². The molecule has 1 heterocycles. The Morgan fingerprint density at radius 3 is 2.61 bits per heavy atom. The van der Waals surface area contributed by atoms with E-state index in [1.54, 1.807) is 24.3 Å². The summed E-state index contributed by atoms with van der Waals surface area (Å²) in [5, 5.41) is 3.73. The Bertz CT molecular complexity index is 925. The van der Waals surface area contributed by atoms with Crippen LogP contribution in [0.1, 0.15) is 24.0 Å². The van der Waals surface area contributed by atoms with Crippen LogP contribution in [0.4, 0.5) is 0 Å². The topological polar surface area (TPSA) is 76.0 Å². The van der Waals surface area contributed by atoms with Gasteiger partial charge in [0.15, 0.2) is 5.78 Å². The van der Waals surface area contributed by atoms with E-state index in [1.807, 2.05) is 37.3 Å². The lowest BCUT2D eigenvalue weighted by Crippen LogP contribution is -2.29. The summed E-state index contributed by atoms with van der Waals surface area (Å²) in [6.45, 7) is 2.99. The fourth-order valence-electron chi connectivity index (χ4n) is 3.16. The molecule has 1 aliphatic heterocycles. The number of carbonyl (C=O) groups is 1. The molecule has 0 aromatic heterocycles. The molecule has 0 N–H and O–H groups in total. The lowest BCUT2D eigenvalue weighted by molar-refractivity contribution is -0.113. The molecule has 28 heavy (non-hydrogen) atoms. The van der Waals surface area contributed by atoms with E-state index in [2.05, 4.69) is 5.16 Å². The number of ketones is 1. The number of hydrogen-bond donors (Lipinski definition) is 0.